The molecule has 0 aromatic carbocycles. The van der Waals surface area contributed by atoms with Crippen molar-refractivity contribution in [3.8, 4) is 5.82 Å². The van der Waals surface area contributed by atoms with Crippen LogP contribution in [-0.4, -0.2) is 21.3 Å². The molecular weight excluding hydrogens is 212 g/mol. The van der Waals surface area contributed by atoms with E-state index in [0.717, 1.165) is 17.9 Å². The molecule has 4 nitrogen and oxygen atoms in total. The Morgan fingerprint density at radius 2 is 2.18 bits per heavy atom. The molecular formula is C13H18N4. The molecule has 0 saturated carbocycles. The van der Waals surface area contributed by atoms with Crippen LogP contribution in [-0.2, 0) is 0 Å². The molecule has 4 heteroatoms. The molecule has 1 unspecified atom stereocenters. The van der Waals surface area contributed by atoms with Crippen LogP contribution in [0, 0.1) is 6.92 Å². The maximum absolute atomic E-state index is 4.43. The minimum absolute atomic E-state index is 0.334. The molecule has 0 fully saturated rings. The predicted molar refractivity (Wildman–Crippen MR) is 68.2 cm³/mol. The van der Waals surface area contributed by atoms with Crippen molar-refractivity contribution in [1.29, 1.82) is 0 Å². The molecule has 2 heterocycles. The van der Waals surface area contributed by atoms with E-state index < -0.39 is 0 Å². The molecule has 0 amide bonds. The van der Waals surface area contributed by atoms with Gasteiger partial charge in [0.2, 0.25) is 0 Å². The summed E-state index contributed by atoms with van der Waals surface area (Å²) in [7, 11) is 0. The summed E-state index contributed by atoms with van der Waals surface area (Å²) in [6.45, 7) is 7.22. The average Bonchev–Trinajstić information content (AvgIpc) is 2.76. The zero-order valence-electron chi connectivity index (χ0n) is 10.5. The van der Waals surface area contributed by atoms with Crippen molar-refractivity contribution in [1.82, 2.24) is 20.1 Å². The van der Waals surface area contributed by atoms with Gasteiger partial charge in [-0.1, -0.05) is 13.0 Å². The van der Waals surface area contributed by atoms with Crippen molar-refractivity contribution in [2.45, 2.75) is 26.8 Å². The minimum atomic E-state index is 0.334. The van der Waals surface area contributed by atoms with Gasteiger partial charge in [0, 0.05) is 18.4 Å². The number of aromatic nitrogens is 3. The van der Waals surface area contributed by atoms with Gasteiger partial charge in [-0.2, -0.15) is 5.10 Å². The third-order valence-electron chi connectivity index (χ3n) is 2.73. The predicted octanol–water partition coefficient (Wildman–Crippen LogP) is 2.25. The van der Waals surface area contributed by atoms with Crippen molar-refractivity contribution >= 4 is 0 Å². The van der Waals surface area contributed by atoms with Crippen molar-refractivity contribution in [3.63, 3.8) is 0 Å². The first-order chi connectivity index (χ1) is 8.20. The SMILES string of the molecule is CCNC(C)c1ccc(-n2cc(C)cn2)nc1. The number of nitrogens with zero attached hydrogens (tertiary/aromatic N) is 3. The number of rotatable bonds is 4. The monoisotopic (exact) mass is 230 g/mol. The quantitative estimate of drug-likeness (QED) is 0.876. The smallest absolute Gasteiger partial charge is 0.153 e. The summed E-state index contributed by atoms with van der Waals surface area (Å²) in [5, 5.41) is 7.60. The second kappa shape index (κ2) is 5.10. The molecule has 0 saturated heterocycles. The second-order valence-electron chi connectivity index (χ2n) is 4.19. The molecule has 0 spiro atoms. The molecule has 1 atom stereocenters. The first kappa shape index (κ1) is 11.8. The molecule has 2 aromatic rings. The summed E-state index contributed by atoms with van der Waals surface area (Å²) < 4.78 is 1.79. The normalized spacial score (nSPS) is 12.6. The van der Waals surface area contributed by atoms with Crippen LogP contribution in [0.2, 0.25) is 0 Å². The topological polar surface area (TPSA) is 42.7 Å². The van der Waals surface area contributed by atoms with Gasteiger partial charge in [-0.25, -0.2) is 9.67 Å². The van der Waals surface area contributed by atoms with E-state index in [1.807, 2.05) is 31.6 Å². The highest BCUT2D eigenvalue weighted by molar-refractivity contribution is 5.26. The van der Waals surface area contributed by atoms with Crippen molar-refractivity contribution in [3.05, 3.63) is 41.9 Å². The summed E-state index contributed by atoms with van der Waals surface area (Å²) in [6, 6.07) is 4.42. The van der Waals surface area contributed by atoms with E-state index in [2.05, 4.69) is 35.3 Å². The summed E-state index contributed by atoms with van der Waals surface area (Å²) in [5.41, 5.74) is 2.33. The number of nitrogens with one attached hydrogen (secondary N) is 1. The maximum atomic E-state index is 4.43. The van der Waals surface area contributed by atoms with Crippen LogP contribution in [0.1, 0.15) is 31.0 Å². The Bertz CT molecular complexity index is 472. The Hall–Kier alpha value is -1.68. The number of aryl methyl sites for hydroxylation is 1. The van der Waals surface area contributed by atoms with Crippen LogP contribution in [0.15, 0.2) is 30.7 Å². The third kappa shape index (κ3) is 2.71. The number of hydrogen-bond acceptors (Lipinski definition) is 3. The molecule has 17 heavy (non-hydrogen) atoms. The van der Waals surface area contributed by atoms with Gasteiger partial charge in [0.25, 0.3) is 0 Å². The van der Waals surface area contributed by atoms with E-state index in [9.17, 15) is 0 Å². The molecule has 0 bridgehead atoms. The van der Waals surface area contributed by atoms with E-state index in [1.165, 1.54) is 5.56 Å². The minimum Gasteiger partial charge on any atom is -0.310 e. The van der Waals surface area contributed by atoms with Gasteiger partial charge >= 0.3 is 0 Å². The van der Waals surface area contributed by atoms with Gasteiger partial charge in [-0.15, -0.1) is 0 Å². The molecule has 0 aliphatic heterocycles. The standard InChI is InChI=1S/C13H18N4/c1-4-14-11(3)12-5-6-13(15-8-12)17-9-10(2)7-16-17/h5-9,11,14H,4H2,1-3H3. The van der Waals surface area contributed by atoms with Crippen molar-refractivity contribution in [2.75, 3.05) is 6.54 Å². The Morgan fingerprint density at radius 3 is 2.71 bits per heavy atom. The van der Waals surface area contributed by atoms with Crippen molar-refractivity contribution in [2.24, 2.45) is 0 Å². The van der Waals surface area contributed by atoms with E-state index in [-0.39, 0.29) is 0 Å². The molecule has 0 aliphatic carbocycles. The summed E-state index contributed by atoms with van der Waals surface area (Å²) in [4.78, 5) is 4.43. The Labute approximate surface area is 102 Å². The van der Waals surface area contributed by atoms with Gasteiger partial charge in [-0.3, -0.25) is 0 Å². The summed E-state index contributed by atoms with van der Waals surface area (Å²) in [5.74, 6) is 0.852. The largest absolute Gasteiger partial charge is 0.310 e. The Balaban J connectivity index is 2.18. The van der Waals surface area contributed by atoms with Crippen LogP contribution in [0.25, 0.3) is 5.82 Å². The van der Waals surface area contributed by atoms with E-state index >= 15 is 0 Å². The zero-order valence-corrected chi connectivity index (χ0v) is 10.5. The molecule has 2 aromatic heterocycles. The lowest BCUT2D eigenvalue weighted by atomic mass is 10.1. The third-order valence-corrected chi connectivity index (χ3v) is 2.73. The van der Waals surface area contributed by atoms with E-state index in [1.54, 1.807) is 4.68 Å². The lowest BCUT2D eigenvalue weighted by Gasteiger charge is -2.12. The highest BCUT2D eigenvalue weighted by Crippen LogP contribution is 2.12. The van der Waals surface area contributed by atoms with Crippen LogP contribution < -0.4 is 5.32 Å². The maximum Gasteiger partial charge on any atom is 0.153 e. The second-order valence-corrected chi connectivity index (χ2v) is 4.19. The average molecular weight is 230 g/mol. The van der Waals surface area contributed by atoms with Crippen molar-refractivity contribution < 1.29 is 0 Å². The van der Waals surface area contributed by atoms with Gasteiger partial charge in [-0.05, 0) is 37.6 Å². The van der Waals surface area contributed by atoms with Crippen LogP contribution in [0.4, 0.5) is 0 Å². The first-order valence-corrected chi connectivity index (χ1v) is 5.91. The van der Waals surface area contributed by atoms with Gasteiger partial charge in [0.1, 0.15) is 0 Å². The highest BCUT2D eigenvalue weighted by atomic mass is 15.3. The van der Waals surface area contributed by atoms with Gasteiger partial charge in [0.05, 0.1) is 6.20 Å². The lowest BCUT2D eigenvalue weighted by molar-refractivity contribution is 0.595. The molecule has 2 rings (SSSR count). The fraction of sp³-hybridized carbons (Fsp3) is 0.385. The van der Waals surface area contributed by atoms with Crippen LogP contribution in [0.3, 0.4) is 0 Å². The number of hydrogen-bond donors (Lipinski definition) is 1. The fourth-order valence-electron chi connectivity index (χ4n) is 1.75. The summed E-state index contributed by atoms with van der Waals surface area (Å²) in [6.07, 6.45) is 5.70. The Morgan fingerprint density at radius 1 is 1.35 bits per heavy atom. The van der Waals surface area contributed by atoms with Gasteiger partial charge < -0.3 is 5.32 Å². The van der Waals surface area contributed by atoms with E-state index in [4.69, 9.17) is 0 Å². The molecule has 0 aliphatic rings. The summed E-state index contributed by atoms with van der Waals surface area (Å²) >= 11 is 0. The van der Waals surface area contributed by atoms with Crippen LogP contribution >= 0.6 is 0 Å². The zero-order chi connectivity index (χ0) is 12.3. The molecule has 90 valence electrons. The van der Waals surface area contributed by atoms with E-state index in [0.29, 0.717) is 6.04 Å². The van der Waals surface area contributed by atoms with Gasteiger partial charge in [0.15, 0.2) is 5.82 Å². The fourth-order valence-corrected chi connectivity index (χ4v) is 1.75. The Kier molecular flexibility index (Phi) is 3.54. The molecule has 0 radical (unpaired) electrons. The van der Waals surface area contributed by atoms with Crippen LogP contribution in [0.5, 0.6) is 0 Å². The molecule has 1 N–H and O–H groups in total. The first-order valence-electron chi connectivity index (χ1n) is 5.91. The highest BCUT2D eigenvalue weighted by Gasteiger charge is 2.05. The number of pyridine rings is 1. The lowest BCUT2D eigenvalue weighted by Crippen LogP contribution is -2.17.